The van der Waals surface area contributed by atoms with Gasteiger partial charge in [0.2, 0.25) is 0 Å². The van der Waals surface area contributed by atoms with Crippen molar-refractivity contribution < 1.29 is 19.1 Å². The zero-order valence-electron chi connectivity index (χ0n) is 13.7. The lowest BCUT2D eigenvalue weighted by Gasteiger charge is -2.16. The van der Waals surface area contributed by atoms with E-state index >= 15 is 0 Å². The minimum absolute atomic E-state index is 0.0691. The lowest BCUT2D eigenvalue weighted by molar-refractivity contribution is 0.0967. The Labute approximate surface area is 139 Å². The molecule has 24 heavy (non-hydrogen) atoms. The molecule has 2 aromatic carbocycles. The second-order valence-corrected chi connectivity index (χ2v) is 5.80. The molecule has 0 radical (unpaired) electrons. The highest BCUT2D eigenvalue weighted by atomic mass is 19.1. The zero-order chi connectivity index (χ0) is 17.9. The number of carbonyl (C=O) groups is 2. The van der Waals surface area contributed by atoms with Crippen molar-refractivity contribution in [2.24, 2.45) is 0 Å². The Kier molecular flexibility index (Phi) is 5.18. The molecule has 0 bridgehead atoms. The highest BCUT2D eigenvalue weighted by Gasteiger charge is 2.15. The summed E-state index contributed by atoms with van der Waals surface area (Å²) >= 11 is 0. The third kappa shape index (κ3) is 4.10. The Morgan fingerprint density at radius 2 is 1.75 bits per heavy atom. The highest BCUT2D eigenvalue weighted by Crippen LogP contribution is 2.30. The van der Waals surface area contributed by atoms with Crippen molar-refractivity contribution in [1.82, 2.24) is 5.32 Å². The maximum Gasteiger partial charge on any atom is 0.326 e. The second-order valence-electron chi connectivity index (χ2n) is 5.80. The second kappa shape index (κ2) is 7.12. The number of urea groups is 1. The van der Waals surface area contributed by atoms with Crippen LogP contribution in [0.4, 0.5) is 14.9 Å². The van der Waals surface area contributed by atoms with Gasteiger partial charge in [0.15, 0.2) is 0 Å². The number of benzene rings is 2. The average molecular weight is 330 g/mol. The number of aryl methyl sites for hydroxylation is 1. The summed E-state index contributed by atoms with van der Waals surface area (Å²) in [5, 5.41) is 14.6. The van der Waals surface area contributed by atoms with Crippen LogP contribution in [0, 0.1) is 12.7 Å². The number of phenols is 1. The highest BCUT2D eigenvalue weighted by molar-refractivity contribution is 6.08. The predicted molar refractivity (Wildman–Crippen MR) is 89.8 cm³/mol. The summed E-state index contributed by atoms with van der Waals surface area (Å²) in [5.74, 6) is -0.877. The maximum atomic E-state index is 12.9. The first-order chi connectivity index (χ1) is 11.3. The fourth-order valence-corrected chi connectivity index (χ4v) is 2.23. The number of rotatable bonds is 3. The molecule has 0 aliphatic rings. The summed E-state index contributed by atoms with van der Waals surface area (Å²) in [4.78, 5) is 24.0. The number of amides is 3. The van der Waals surface area contributed by atoms with Crippen LogP contribution in [0.25, 0.3) is 0 Å². The van der Waals surface area contributed by atoms with Gasteiger partial charge in [-0.05, 0) is 60.4 Å². The van der Waals surface area contributed by atoms with Gasteiger partial charge in [0.05, 0.1) is 0 Å². The normalized spacial score (nSPS) is 10.5. The Balaban J connectivity index is 2.13. The number of hydrogen-bond donors (Lipinski definition) is 3. The molecule has 0 aliphatic heterocycles. The smallest absolute Gasteiger partial charge is 0.326 e. The molecule has 0 saturated carbocycles. The summed E-state index contributed by atoms with van der Waals surface area (Å²) in [5.41, 5.74) is 2.06. The lowest BCUT2D eigenvalue weighted by Crippen LogP contribution is -2.34. The van der Waals surface area contributed by atoms with Crippen LogP contribution in [-0.4, -0.2) is 17.0 Å². The summed E-state index contributed by atoms with van der Waals surface area (Å²) in [6.45, 7) is 5.57. The third-order valence-corrected chi connectivity index (χ3v) is 3.57. The summed E-state index contributed by atoms with van der Waals surface area (Å²) < 4.78 is 12.9. The number of anilines is 1. The van der Waals surface area contributed by atoms with Crippen LogP contribution in [0.3, 0.4) is 0 Å². The number of imide groups is 1. The Morgan fingerprint density at radius 1 is 1.12 bits per heavy atom. The van der Waals surface area contributed by atoms with E-state index in [9.17, 15) is 19.1 Å². The van der Waals surface area contributed by atoms with Gasteiger partial charge >= 0.3 is 6.03 Å². The third-order valence-electron chi connectivity index (χ3n) is 3.57. The number of hydrogen-bond acceptors (Lipinski definition) is 3. The predicted octanol–water partition coefficient (Wildman–Crippen LogP) is 3.93. The fourth-order valence-electron chi connectivity index (χ4n) is 2.23. The molecule has 126 valence electrons. The topological polar surface area (TPSA) is 78.4 Å². The van der Waals surface area contributed by atoms with Gasteiger partial charge in [-0.25, -0.2) is 9.18 Å². The van der Waals surface area contributed by atoms with Crippen LogP contribution in [0.1, 0.15) is 41.3 Å². The van der Waals surface area contributed by atoms with E-state index < -0.39 is 17.8 Å². The Hall–Kier alpha value is -2.89. The number of nitrogens with one attached hydrogen (secondary N) is 2. The molecule has 3 N–H and O–H groups in total. The van der Waals surface area contributed by atoms with Gasteiger partial charge < -0.3 is 10.4 Å². The van der Waals surface area contributed by atoms with Gasteiger partial charge in [0.25, 0.3) is 5.91 Å². The van der Waals surface area contributed by atoms with Crippen molar-refractivity contribution in [3.63, 3.8) is 0 Å². The molecule has 2 aromatic rings. The number of phenolic OH excluding ortho intramolecular Hbond substituents is 1. The van der Waals surface area contributed by atoms with E-state index in [1.54, 1.807) is 19.1 Å². The van der Waals surface area contributed by atoms with Crippen LogP contribution >= 0.6 is 0 Å². The summed E-state index contributed by atoms with van der Waals surface area (Å²) in [6.07, 6.45) is 0. The molecule has 0 saturated heterocycles. The van der Waals surface area contributed by atoms with E-state index in [-0.39, 0.29) is 17.2 Å². The van der Waals surface area contributed by atoms with Crippen molar-refractivity contribution in [3.05, 3.63) is 58.9 Å². The van der Waals surface area contributed by atoms with E-state index in [0.717, 1.165) is 17.7 Å². The van der Waals surface area contributed by atoms with Gasteiger partial charge in [-0.3, -0.25) is 10.1 Å². The minimum Gasteiger partial charge on any atom is -0.508 e. The van der Waals surface area contributed by atoms with Crippen molar-refractivity contribution in [2.45, 2.75) is 26.7 Å². The van der Waals surface area contributed by atoms with Crippen LogP contribution < -0.4 is 10.6 Å². The average Bonchev–Trinajstić information content (AvgIpc) is 2.50. The zero-order valence-corrected chi connectivity index (χ0v) is 13.7. The molecule has 6 heteroatoms. The van der Waals surface area contributed by atoms with Crippen LogP contribution in [0.15, 0.2) is 36.4 Å². The quantitative estimate of drug-likeness (QED) is 0.746. The molecule has 0 fully saturated rings. The maximum absolute atomic E-state index is 12.9. The molecular formula is C18H19FN2O3. The largest absolute Gasteiger partial charge is 0.508 e. The van der Waals surface area contributed by atoms with Gasteiger partial charge in [-0.15, -0.1) is 0 Å². The SMILES string of the molecule is Cc1cc(NC(=O)NC(=O)c2ccc(F)cc2)c(C(C)C)cc1O. The van der Waals surface area contributed by atoms with E-state index in [2.05, 4.69) is 10.6 Å². The van der Waals surface area contributed by atoms with E-state index in [1.165, 1.54) is 12.1 Å². The first kappa shape index (κ1) is 17.5. The monoisotopic (exact) mass is 330 g/mol. The molecular weight excluding hydrogens is 311 g/mol. The van der Waals surface area contributed by atoms with Crippen molar-refractivity contribution in [2.75, 3.05) is 5.32 Å². The van der Waals surface area contributed by atoms with Gasteiger partial charge in [-0.1, -0.05) is 13.8 Å². The number of aromatic hydroxyl groups is 1. The van der Waals surface area contributed by atoms with Crippen LogP contribution in [0.5, 0.6) is 5.75 Å². The Morgan fingerprint density at radius 3 is 2.33 bits per heavy atom. The molecule has 3 amide bonds. The van der Waals surface area contributed by atoms with Crippen LogP contribution in [-0.2, 0) is 0 Å². The molecule has 0 atom stereocenters. The molecule has 0 spiro atoms. The first-order valence-electron chi connectivity index (χ1n) is 7.49. The lowest BCUT2D eigenvalue weighted by atomic mass is 9.98. The van der Waals surface area contributed by atoms with E-state index in [4.69, 9.17) is 0 Å². The van der Waals surface area contributed by atoms with Crippen molar-refractivity contribution >= 4 is 17.6 Å². The van der Waals surface area contributed by atoms with Crippen LogP contribution in [0.2, 0.25) is 0 Å². The van der Waals surface area contributed by atoms with Crippen molar-refractivity contribution in [3.8, 4) is 5.75 Å². The molecule has 2 rings (SSSR count). The molecule has 0 aliphatic carbocycles. The molecule has 0 aromatic heterocycles. The van der Waals surface area contributed by atoms with Gasteiger partial charge in [0, 0.05) is 11.3 Å². The fraction of sp³-hybridized carbons (Fsp3) is 0.222. The molecule has 0 unspecified atom stereocenters. The van der Waals surface area contributed by atoms with Gasteiger partial charge in [-0.2, -0.15) is 0 Å². The summed E-state index contributed by atoms with van der Waals surface area (Å²) in [7, 11) is 0. The summed E-state index contributed by atoms with van der Waals surface area (Å²) in [6, 6.07) is 7.42. The first-order valence-corrected chi connectivity index (χ1v) is 7.49. The van der Waals surface area contributed by atoms with E-state index in [0.29, 0.717) is 11.3 Å². The molecule has 0 heterocycles. The number of carbonyl (C=O) groups excluding carboxylic acids is 2. The van der Waals surface area contributed by atoms with E-state index in [1.807, 2.05) is 13.8 Å². The number of halogens is 1. The minimum atomic E-state index is -0.698. The molecule has 5 nitrogen and oxygen atoms in total. The standard InChI is InChI=1S/C18H19FN2O3/c1-10(2)14-9-16(22)11(3)8-15(14)20-18(24)21-17(23)12-4-6-13(19)7-5-12/h4-10,22H,1-3H3,(H2,20,21,23,24). The van der Waals surface area contributed by atoms with Crippen molar-refractivity contribution in [1.29, 1.82) is 0 Å². The Bertz CT molecular complexity index is 771. The van der Waals surface area contributed by atoms with Gasteiger partial charge in [0.1, 0.15) is 11.6 Å².